The molecule has 2 aliphatic rings. The van der Waals surface area contributed by atoms with Crippen molar-refractivity contribution in [3.8, 4) is 0 Å². The van der Waals surface area contributed by atoms with Crippen LogP contribution in [0.1, 0.15) is 29.3 Å². The minimum Gasteiger partial charge on any atom is -0.385 e. The SMILES string of the molecule is CC(NCCN1CCOCC1)C(=O)c1ccc2c(c1)CCCN2. The number of hydrogen-bond acceptors (Lipinski definition) is 5. The van der Waals surface area contributed by atoms with Gasteiger partial charge in [0.1, 0.15) is 0 Å². The van der Waals surface area contributed by atoms with Crippen molar-refractivity contribution in [2.75, 3.05) is 51.3 Å². The van der Waals surface area contributed by atoms with Crippen LogP contribution in [0, 0.1) is 0 Å². The fourth-order valence-corrected chi connectivity index (χ4v) is 3.23. The molecule has 2 aliphatic heterocycles. The number of benzene rings is 1. The molecule has 1 unspecified atom stereocenters. The monoisotopic (exact) mass is 317 g/mol. The van der Waals surface area contributed by atoms with Gasteiger partial charge in [0.25, 0.3) is 0 Å². The van der Waals surface area contributed by atoms with Crippen LogP contribution in [-0.4, -0.2) is 62.7 Å². The van der Waals surface area contributed by atoms with Gasteiger partial charge >= 0.3 is 0 Å². The van der Waals surface area contributed by atoms with Gasteiger partial charge in [-0.2, -0.15) is 0 Å². The normalized spacial score (nSPS) is 19.7. The van der Waals surface area contributed by atoms with Crippen LogP contribution < -0.4 is 10.6 Å². The number of nitrogens with zero attached hydrogens (tertiary/aromatic N) is 1. The van der Waals surface area contributed by atoms with Crippen molar-refractivity contribution >= 4 is 11.5 Å². The molecule has 0 amide bonds. The molecule has 3 rings (SSSR count). The average molecular weight is 317 g/mol. The molecule has 126 valence electrons. The number of carbonyl (C=O) groups excluding carboxylic acids is 1. The maximum absolute atomic E-state index is 12.6. The van der Waals surface area contributed by atoms with Gasteiger partial charge < -0.3 is 15.4 Å². The average Bonchev–Trinajstić information content (AvgIpc) is 2.61. The van der Waals surface area contributed by atoms with Gasteiger partial charge in [0.05, 0.1) is 19.3 Å². The van der Waals surface area contributed by atoms with Gasteiger partial charge in [0, 0.05) is 44.0 Å². The van der Waals surface area contributed by atoms with E-state index >= 15 is 0 Å². The fraction of sp³-hybridized carbons (Fsp3) is 0.611. The van der Waals surface area contributed by atoms with Crippen LogP contribution in [0.5, 0.6) is 0 Å². The van der Waals surface area contributed by atoms with E-state index in [0.29, 0.717) is 0 Å². The van der Waals surface area contributed by atoms with Crippen LogP contribution in [-0.2, 0) is 11.2 Å². The lowest BCUT2D eigenvalue weighted by Gasteiger charge is -2.27. The predicted octanol–water partition coefficient (Wildman–Crippen LogP) is 1.54. The third kappa shape index (κ3) is 4.31. The van der Waals surface area contributed by atoms with E-state index in [1.54, 1.807) is 0 Å². The van der Waals surface area contributed by atoms with E-state index in [0.717, 1.165) is 64.3 Å². The Kier molecular flexibility index (Phi) is 5.65. The molecule has 0 aliphatic carbocycles. The highest BCUT2D eigenvalue weighted by Crippen LogP contribution is 2.23. The molecule has 1 aromatic rings. The molecule has 2 heterocycles. The maximum Gasteiger partial charge on any atom is 0.179 e. The summed E-state index contributed by atoms with van der Waals surface area (Å²) in [6.45, 7) is 8.40. The summed E-state index contributed by atoms with van der Waals surface area (Å²) >= 11 is 0. The topological polar surface area (TPSA) is 53.6 Å². The molecule has 1 aromatic carbocycles. The molecule has 0 saturated carbocycles. The predicted molar refractivity (Wildman–Crippen MR) is 92.3 cm³/mol. The smallest absolute Gasteiger partial charge is 0.179 e. The van der Waals surface area contributed by atoms with Crippen LogP contribution in [0.2, 0.25) is 0 Å². The Morgan fingerprint density at radius 3 is 3.04 bits per heavy atom. The largest absolute Gasteiger partial charge is 0.385 e. The minimum atomic E-state index is -0.148. The number of aryl methyl sites for hydroxylation is 1. The molecule has 0 aromatic heterocycles. The molecule has 0 bridgehead atoms. The van der Waals surface area contributed by atoms with E-state index in [2.05, 4.69) is 21.6 Å². The van der Waals surface area contributed by atoms with Crippen LogP contribution in [0.4, 0.5) is 5.69 Å². The van der Waals surface area contributed by atoms with Crippen molar-refractivity contribution in [3.63, 3.8) is 0 Å². The highest BCUT2D eigenvalue weighted by molar-refractivity contribution is 6.00. The second-order valence-electron chi connectivity index (χ2n) is 6.40. The van der Waals surface area contributed by atoms with Crippen LogP contribution in [0.25, 0.3) is 0 Å². The zero-order valence-corrected chi connectivity index (χ0v) is 13.9. The second-order valence-corrected chi connectivity index (χ2v) is 6.40. The zero-order valence-electron chi connectivity index (χ0n) is 13.9. The third-order valence-electron chi connectivity index (χ3n) is 4.70. The first kappa shape index (κ1) is 16.4. The van der Waals surface area contributed by atoms with Crippen LogP contribution >= 0.6 is 0 Å². The number of nitrogens with one attached hydrogen (secondary N) is 2. The minimum absolute atomic E-state index is 0.148. The lowest BCUT2D eigenvalue weighted by Crippen LogP contribution is -2.43. The van der Waals surface area contributed by atoms with Crippen molar-refractivity contribution in [1.82, 2.24) is 10.2 Å². The van der Waals surface area contributed by atoms with Crippen molar-refractivity contribution < 1.29 is 9.53 Å². The molecule has 5 nitrogen and oxygen atoms in total. The summed E-state index contributed by atoms with van der Waals surface area (Å²) in [7, 11) is 0. The summed E-state index contributed by atoms with van der Waals surface area (Å²) in [5.41, 5.74) is 3.27. The van der Waals surface area contributed by atoms with Crippen molar-refractivity contribution in [2.45, 2.75) is 25.8 Å². The zero-order chi connectivity index (χ0) is 16.1. The molecule has 1 atom stereocenters. The molecule has 0 spiro atoms. The second kappa shape index (κ2) is 7.90. The van der Waals surface area contributed by atoms with E-state index < -0.39 is 0 Å². The molecule has 5 heteroatoms. The highest BCUT2D eigenvalue weighted by atomic mass is 16.5. The van der Waals surface area contributed by atoms with Gasteiger partial charge in [-0.15, -0.1) is 0 Å². The number of ketones is 1. The maximum atomic E-state index is 12.6. The molecule has 2 N–H and O–H groups in total. The highest BCUT2D eigenvalue weighted by Gasteiger charge is 2.18. The molecule has 1 saturated heterocycles. The lowest BCUT2D eigenvalue weighted by atomic mass is 9.97. The van der Waals surface area contributed by atoms with Crippen LogP contribution in [0.15, 0.2) is 18.2 Å². The number of fused-ring (bicyclic) bond motifs is 1. The number of carbonyl (C=O) groups is 1. The third-order valence-corrected chi connectivity index (χ3v) is 4.70. The Morgan fingerprint density at radius 1 is 1.39 bits per heavy atom. The van der Waals surface area contributed by atoms with E-state index in [1.807, 2.05) is 19.1 Å². The lowest BCUT2D eigenvalue weighted by molar-refractivity contribution is 0.0381. The quantitative estimate of drug-likeness (QED) is 0.780. The van der Waals surface area contributed by atoms with E-state index in [1.165, 1.54) is 11.3 Å². The van der Waals surface area contributed by atoms with E-state index in [-0.39, 0.29) is 11.8 Å². The van der Waals surface area contributed by atoms with Gasteiger partial charge in [-0.05, 0) is 43.5 Å². The van der Waals surface area contributed by atoms with Gasteiger partial charge in [0.2, 0.25) is 0 Å². The van der Waals surface area contributed by atoms with E-state index in [4.69, 9.17) is 4.74 Å². The molecule has 1 fully saturated rings. The van der Waals surface area contributed by atoms with Gasteiger partial charge in [0.15, 0.2) is 5.78 Å². The Labute approximate surface area is 138 Å². The Morgan fingerprint density at radius 2 is 2.22 bits per heavy atom. The summed E-state index contributed by atoms with van der Waals surface area (Å²) in [5, 5.41) is 6.75. The first-order chi connectivity index (χ1) is 11.2. The van der Waals surface area contributed by atoms with Crippen molar-refractivity contribution in [2.24, 2.45) is 0 Å². The number of Topliss-reactive ketones (excluding diaryl/α,β-unsaturated/α-hetero) is 1. The van der Waals surface area contributed by atoms with Crippen molar-refractivity contribution in [1.29, 1.82) is 0 Å². The number of anilines is 1. The first-order valence-electron chi connectivity index (χ1n) is 8.68. The number of ether oxygens (including phenoxy) is 1. The fourth-order valence-electron chi connectivity index (χ4n) is 3.23. The summed E-state index contributed by atoms with van der Waals surface area (Å²) in [5.74, 6) is 0.181. The molecular weight excluding hydrogens is 290 g/mol. The van der Waals surface area contributed by atoms with Crippen LogP contribution in [0.3, 0.4) is 0 Å². The molecule has 23 heavy (non-hydrogen) atoms. The molecular formula is C18H27N3O2. The first-order valence-corrected chi connectivity index (χ1v) is 8.68. The number of hydrogen-bond donors (Lipinski definition) is 2. The van der Waals surface area contributed by atoms with Gasteiger partial charge in [-0.25, -0.2) is 0 Å². The van der Waals surface area contributed by atoms with Gasteiger partial charge in [-0.1, -0.05) is 0 Å². The summed E-state index contributed by atoms with van der Waals surface area (Å²) in [6.07, 6.45) is 2.19. The summed E-state index contributed by atoms with van der Waals surface area (Å²) in [4.78, 5) is 15.0. The summed E-state index contributed by atoms with van der Waals surface area (Å²) < 4.78 is 5.35. The standard InChI is InChI=1S/C18H27N3O2/c1-14(19-7-8-21-9-11-23-12-10-21)18(22)16-4-5-17-15(13-16)3-2-6-20-17/h4-5,13-14,19-20H,2-3,6-12H2,1H3. The van der Waals surface area contributed by atoms with E-state index in [9.17, 15) is 4.79 Å². The number of morpholine rings is 1. The Balaban J connectivity index is 1.50. The van der Waals surface area contributed by atoms with Gasteiger partial charge in [-0.3, -0.25) is 9.69 Å². The molecule has 0 radical (unpaired) electrons. The summed E-state index contributed by atoms with van der Waals surface area (Å²) in [6, 6.07) is 5.90. The Bertz CT molecular complexity index is 541. The number of rotatable bonds is 6. The van der Waals surface area contributed by atoms with Crippen molar-refractivity contribution in [3.05, 3.63) is 29.3 Å². The Hall–Kier alpha value is -1.43.